The number of carboxylic acid groups (broad SMARTS) is 1. The van der Waals surface area contributed by atoms with Crippen molar-refractivity contribution in [2.45, 2.75) is 51.6 Å². The molecule has 0 bridgehead atoms. The topological polar surface area (TPSA) is 65.0 Å². The van der Waals surface area contributed by atoms with E-state index >= 15 is 4.39 Å². The van der Waals surface area contributed by atoms with Gasteiger partial charge in [-0.05, 0) is 89.8 Å². The van der Waals surface area contributed by atoms with Gasteiger partial charge in [-0.2, -0.15) is 11.8 Å². The van der Waals surface area contributed by atoms with Crippen LogP contribution < -0.4 is 14.2 Å². The third kappa shape index (κ3) is 6.09. The summed E-state index contributed by atoms with van der Waals surface area (Å²) in [6, 6.07) is 15.2. The van der Waals surface area contributed by atoms with Gasteiger partial charge in [0.1, 0.15) is 29.7 Å². The number of thioether (sulfide) groups is 1. The van der Waals surface area contributed by atoms with Crippen molar-refractivity contribution in [3.8, 4) is 28.4 Å². The Bertz CT molecular complexity index is 1310. The van der Waals surface area contributed by atoms with Crippen LogP contribution in [0.15, 0.2) is 48.5 Å². The van der Waals surface area contributed by atoms with E-state index in [1.807, 2.05) is 30.0 Å². The summed E-state index contributed by atoms with van der Waals surface area (Å²) in [7, 11) is 0. The molecule has 38 heavy (non-hydrogen) atoms. The van der Waals surface area contributed by atoms with Crippen molar-refractivity contribution >= 4 is 17.7 Å². The largest absolute Gasteiger partial charge is 0.494 e. The summed E-state index contributed by atoms with van der Waals surface area (Å²) >= 11 is 1.93. The summed E-state index contributed by atoms with van der Waals surface area (Å²) in [5.41, 5.74) is 5.80. The summed E-state index contributed by atoms with van der Waals surface area (Å²) in [6.45, 7) is 3.31. The van der Waals surface area contributed by atoms with Gasteiger partial charge < -0.3 is 19.3 Å². The first kappa shape index (κ1) is 26.4. The molecule has 2 aliphatic rings. The molecule has 0 aromatic heterocycles. The zero-order valence-corrected chi connectivity index (χ0v) is 22.5. The van der Waals surface area contributed by atoms with Crippen molar-refractivity contribution in [1.29, 1.82) is 0 Å². The highest BCUT2D eigenvalue weighted by Gasteiger charge is 2.27. The van der Waals surface area contributed by atoms with E-state index in [0.29, 0.717) is 30.3 Å². The van der Waals surface area contributed by atoms with Gasteiger partial charge in [0.2, 0.25) is 0 Å². The van der Waals surface area contributed by atoms with Gasteiger partial charge in [-0.15, -0.1) is 0 Å². The molecule has 0 fully saturated rings. The van der Waals surface area contributed by atoms with Crippen LogP contribution in [0, 0.1) is 5.82 Å². The molecule has 1 aliphatic heterocycles. The fourth-order valence-corrected chi connectivity index (χ4v) is 5.82. The number of halogens is 1. The molecular weight excluding hydrogens is 503 g/mol. The number of aliphatic carboxylic acids is 1. The first-order valence-electron chi connectivity index (χ1n) is 13.3. The minimum atomic E-state index is -0.850. The second kappa shape index (κ2) is 12.1. The number of benzene rings is 3. The first-order valence-corrected chi connectivity index (χ1v) is 14.4. The average Bonchev–Trinajstić information content (AvgIpc) is 3.20. The van der Waals surface area contributed by atoms with Gasteiger partial charge in [0.25, 0.3) is 0 Å². The highest BCUT2D eigenvalue weighted by Crippen LogP contribution is 2.39. The van der Waals surface area contributed by atoms with E-state index in [4.69, 9.17) is 19.3 Å². The van der Waals surface area contributed by atoms with E-state index in [2.05, 4.69) is 19.1 Å². The molecule has 0 radical (unpaired) electrons. The molecule has 1 aliphatic carbocycles. The molecule has 3 aromatic rings. The number of rotatable bonds is 11. The zero-order chi connectivity index (χ0) is 26.5. The lowest BCUT2D eigenvalue weighted by Gasteiger charge is -2.15. The standard InChI is InChI=1S/C31H33FO5S/c1-2-38-12-4-11-35-24-7-9-26-20(13-24)5-3-6-21-15-29(32)23(14-28(21)26)19-36-25-8-10-27-22(16-31(33)34)18-37-30(27)17-25/h7-10,13-15,17,22H,2-6,11-12,16,18-19H2,1H3,(H,33,34). The number of carboxylic acids is 1. The normalized spacial score (nSPS) is 15.6. The Morgan fingerprint density at radius 1 is 1.05 bits per heavy atom. The van der Waals surface area contributed by atoms with Crippen molar-refractivity contribution in [3.63, 3.8) is 0 Å². The zero-order valence-electron chi connectivity index (χ0n) is 21.6. The summed E-state index contributed by atoms with van der Waals surface area (Å²) < 4.78 is 32.7. The maximum atomic E-state index is 15.1. The predicted molar refractivity (Wildman–Crippen MR) is 148 cm³/mol. The number of fused-ring (bicyclic) bond motifs is 4. The number of aryl methyl sites for hydroxylation is 2. The van der Waals surface area contributed by atoms with Gasteiger partial charge in [-0.3, -0.25) is 4.79 Å². The predicted octanol–water partition coefficient (Wildman–Crippen LogP) is 7.03. The third-order valence-electron chi connectivity index (χ3n) is 7.12. The second-order valence-electron chi connectivity index (χ2n) is 9.77. The van der Waals surface area contributed by atoms with E-state index in [0.717, 1.165) is 65.2 Å². The van der Waals surface area contributed by atoms with Crippen LogP contribution in [0.25, 0.3) is 11.1 Å². The lowest BCUT2D eigenvalue weighted by Crippen LogP contribution is -2.07. The van der Waals surface area contributed by atoms with Gasteiger partial charge in [0, 0.05) is 23.1 Å². The van der Waals surface area contributed by atoms with E-state index in [9.17, 15) is 4.79 Å². The minimum absolute atomic E-state index is 0.0285. The Labute approximate surface area is 227 Å². The number of ether oxygens (including phenoxy) is 3. The van der Waals surface area contributed by atoms with Crippen molar-refractivity contribution in [3.05, 3.63) is 76.6 Å². The van der Waals surface area contributed by atoms with E-state index in [1.54, 1.807) is 18.2 Å². The Balaban J connectivity index is 1.30. The molecule has 1 N–H and O–H groups in total. The quantitative estimate of drug-likeness (QED) is 0.265. The number of carbonyl (C=O) groups is 1. The SMILES string of the molecule is CCSCCCOc1ccc2c(c1)CCCc1cc(F)c(COc3ccc4c(c3)OCC4CC(=O)O)cc1-2. The maximum absolute atomic E-state index is 15.1. The molecule has 0 spiro atoms. The second-order valence-corrected chi connectivity index (χ2v) is 11.2. The van der Waals surface area contributed by atoms with Crippen LogP contribution in [0.1, 0.15) is 54.4 Å². The molecule has 0 saturated heterocycles. The molecular formula is C31H33FO5S. The van der Waals surface area contributed by atoms with E-state index in [1.165, 1.54) is 5.56 Å². The fourth-order valence-electron chi connectivity index (χ4n) is 5.21. The van der Waals surface area contributed by atoms with Crippen LogP contribution in [0.5, 0.6) is 17.2 Å². The Morgan fingerprint density at radius 2 is 1.84 bits per heavy atom. The molecule has 1 unspecified atom stereocenters. The molecule has 7 heteroatoms. The van der Waals surface area contributed by atoms with Crippen molar-refractivity contribution in [2.75, 3.05) is 24.7 Å². The van der Waals surface area contributed by atoms with Gasteiger partial charge in [-0.1, -0.05) is 19.1 Å². The van der Waals surface area contributed by atoms with Gasteiger partial charge in [-0.25, -0.2) is 4.39 Å². The lowest BCUT2D eigenvalue weighted by molar-refractivity contribution is -0.137. The summed E-state index contributed by atoms with van der Waals surface area (Å²) in [6.07, 6.45) is 3.77. The van der Waals surface area contributed by atoms with Crippen LogP contribution in [-0.2, 0) is 24.2 Å². The molecule has 200 valence electrons. The molecule has 1 atom stereocenters. The van der Waals surface area contributed by atoms with Crippen LogP contribution in [0.4, 0.5) is 4.39 Å². The molecule has 0 saturated carbocycles. The lowest BCUT2D eigenvalue weighted by atomic mass is 9.94. The monoisotopic (exact) mass is 536 g/mol. The van der Waals surface area contributed by atoms with Gasteiger partial charge in [0.05, 0.1) is 19.6 Å². The molecule has 3 aromatic carbocycles. The van der Waals surface area contributed by atoms with Crippen LogP contribution in [-0.4, -0.2) is 35.8 Å². The van der Waals surface area contributed by atoms with Crippen molar-refractivity contribution in [2.24, 2.45) is 0 Å². The summed E-state index contributed by atoms with van der Waals surface area (Å²) in [5, 5.41) is 9.10. The molecule has 0 amide bonds. The maximum Gasteiger partial charge on any atom is 0.304 e. The molecule has 1 heterocycles. The summed E-state index contributed by atoms with van der Waals surface area (Å²) in [4.78, 5) is 11.1. The molecule has 5 nitrogen and oxygen atoms in total. The Morgan fingerprint density at radius 3 is 2.66 bits per heavy atom. The van der Waals surface area contributed by atoms with Crippen LogP contribution >= 0.6 is 11.8 Å². The smallest absolute Gasteiger partial charge is 0.304 e. The van der Waals surface area contributed by atoms with Crippen molar-refractivity contribution < 1.29 is 28.5 Å². The highest BCUT2D eigenvalue weighted by atomic mass is 32.2. The number of hydrogen-bond donors (Lipinski definition) is 1. The minimum Gasteiger partial charge on any atom is -0.494 e. The Hall–Kier alpha value is -3.19. The average molecular weight is 537 g/mol. The molecule has 5 rings (SSSR count). The third-order valence-corrected chi connectivity index (χ3v) is 8.10. The van der Waals surface area contributed by atoms with Crippen LogP contribution in [0.2, 0.25) is 0 Å². The van der Waals surface area contributed by atoms with E-state index < -0.39 is 5.97 Å². The van der Waals surface area contributed by atoms with Gasteiger partial charge in [0.15, 0.2) is 0 Å². The Kier molecular flexibility index (Phi) is 8.42. The number of hydrogen-bond acceptors (Lipinski definition) is 5. The first-order chi connectivity index (χ1) is 18.5. The van der Waals surface area contributed by atoms with Gasteiger partial charge >= 0.3 is 5.97 Å². The highest BCUT2D eigenvalue weighted by molar-refractivity contribution is 7.99. The van der Waals surface area contributed by atoms with E-state index in [-0.39, 0.29) is 24.8 Å². The fraction of sp³-hybridized carbons (Fsp3) is 0.387. The van der Waals surface area contributed by atoms with Crippen molar-refractivity contribution in [1.82, 2.24) is 0 Å². The summed E-state index contributed by atoms with van der Waals surface area (Å²) in [5.74, 6) is 3.04. The van der Waals surface area contributed by atoms with Crippen LogP contribution in [0.3, 0.4) is 0 Å².